The van der Waals surface area contributed by atoms with Crippen molar-refractivity contribution >= 4 is 11.7 Å². The van der Waals surface area contributed by atoms with E-state index in [-0.39, 0.29) is 35.6 Å². The number of aryl methyl sites for hydroxylation is 1. The summed E-state index contributed by atoms with van der Waals surface area (Å²) >= 11 is 0. The summed E-state index contributed by atoms with van der Waals surface area (Å²) in [7, 11) is 1.60. The minimum atomic E-state index is -4.83. The number of para-hydroxylation sites is 1. The fraction of sp³-hybridized carbons (Fsp3) is 0.367. The van der Waals surface area contributed by atoms with Crippen molar-refractivity contribution in [2.75, 3.05) is 18.0 Å². The van der Waals surface area contributed by atoms with Crippen LogP contribution in [0.4, 0.5) is 18.9 Å². The van der Waals surface area contributed by atoms with Gasteiger partial charge in [0.05, 0.1) is 18.4 Å². The van der Waals surface area contributed by atoms with E-state index >= 15 is 0 Å². The van der Waals surface area contributed by atoms with Crippen molar-refractivity contribution in [1.82, 2.24) is 14.9 Å². The highest BCUT2D eigenvalue weighted by atomic mass is 19.4. The summed E-state index contributed by atoms with van der Waals surface area (Å²) in [6.45, 7) is 1.72. The smallest absolute Gasteiger partial charge is 0.477 e. The Hall–Kier alpha value is -4.32. The zero-order valence-electron chi connectivity index (χ0n) is 22.8. The van der Waals surface area contributed by atoms with E-state index in [1.165, 1.54) is 16.8 Å². The summed E-state index contributed by atoms with van der Waals surface area (Å²) in [6.07, 6.45) is -1.41. The Morgan fingerprint density at radius 1 is 1.07 bits per heavy atom. The molecule has 1 saturated heterocycles. The number of piperidine rings is 1. The van der Waals surface area contributed by atoms with E-state index < -0.39 is 12.3 Å². The maximum atomic E-state index is 13.0. The normalized spacial score (nSPS) is 16.1. The van der Waals surface area contributed by atoms with Crippen molar-refractivity contribution in [2.24, 2.45) is 7.05 Å². The number of benzene rings is 2. The molecule has 1 N–H and O–H groups in total. The Morgan fingerprint density at radius 2 is 1.79 bits per heavy atom. The molecule has 12 heteroatoms. The van der Waals surface area contributed by atoms with Crippen LogP contribution < -0.4 is 9.64 Å². The van der Waals surface area contributed by atoms with Crippen LogP contribution in [0.25, 0.3) is 22.5 Å². The van der Waals surface area contributed by atoms with E-state index in [0.717, 1.165) is 50.0 Å². The van der Waals surface area contributed by atoms with Crippen molar-refractivity contribution in [3.05, 3.63) is 71.6 Å². The first-order valence-corrected chi connectivity index (χ1v) is 13.7. The first kappa shape index (κ1) is 27.8. The molecule has 0 radical (unpaired) electrons. The molecule has 0 spiro atoms. The molecule has 1 aliphatic heterocycles. The number of carboxylic acids is 1. The molecular formula is C30H29F3N4O5. The van der Waals surface area contributed by atoms with Gasteiger partial charge in [0.15, 0.2) is 0 Å². The fourth-order valence-corrected chi connectivity index (χ4v) is 5.35. The molecular weight excluding hydrogens is 553 g/mol. The van der Waals surface area contributed by atoms with Gasteiger partial charge in [-0.25, -0.2) is 4.79 Å². The number of alkyl halides is 3. The summed E-state index contributed by atoms with van der Waals surface area (Å²) in [4.78, 5) is 13.6. The van der Waals surface area contributed by atoms with E-state index in [0.29, 0.717) is 22.7 Å². The lowest BCUT2D eigenvalue weighted by atomic mass is 10.0. The van der Waals surface area contributed by atoms with Crippen LogP contribution in [0.2, 0.25) is 0 Å². The largest absolute Gasteiger partial charge is 0.573 e. The molecule has 4 aromatic rings. The molecule has 0 bridgehead atoms. The van der Waals surface area contributed by atoms with Crippen molar-refractivity contribution < 1.29 is 37.1 Å². The van der Waals surface area contributed by atoms with Crippen LogP contribution in [0.15, 0.2) is 59.1 Å². The maximum Gasteiger partial charge on any atom is 0.573 e. The van der Waals surface area contributed by atoms with Crippen molar-refractivity contribution in [3.8, 4) is 28.3 Å². The molecule has 9 nitrogen and oxygen atoms in total. The summed E-state index contributed by atoms with van der Waals surface area (Å²) < 4.78 is 56.7. The third kappa shape index (κ3) is 5.98. The molecule has 0 amide bonds. The molecule has 0 unspecified atom stereocenters. The highest BCUT2D eigenvalue weighted by molar-refractivity contribution is 5.87. The number of aromatic carboxylic acids is 1. The van der Waals surface area contributed by atoms with Gasteiger partial charge in [-0.1, -0.05) is 29.4 Å². The van der Waals surface area contributed by atoms with Crippen molar-refractivity contribution in [2.45, 2.75) is 50.7 Å². The van der Waals surface area contributed by atoms with Gasteiger partial charge in [0.25, 0.3) is 0 Å². The van der Waals surface area contributed by atoms with Crippen LogP contribution in [-0.4, -0.2) is 51.6 Å². The van der Waals surface area contributed by atoms with Gasteiger partial charge in [-0.3, -0.25) is 4.68 Å². The number of aromatic nitrogens is 3. The van der Waals surface area contributed by atoms with Crippen LogP contribution in [0.3, 0.4) is 0 Å². The average Bonchev–Trinajstić information content (AvgIpc) is 3.60. The molecule has 42 heavy (non-hydrogen) atoms. The monoisotopic (exact) mass is 582 g/mol. The highest BCUT2D eigenvalue weighted by Gasteiger charge is 2.36. The molecule has 220 valence electrons. The standard InChI is InChI=1S/C30H29F3N4O5/c1-36-25(29(38)39)16-24(34-36)18-8-10-20(11-9-18)37-14-12-21(13-15-37)40-17-23-27(35-42-28(23)19-6-7-19)22-4-2-3-5-26(22)41-30(31,32)33/h2-5,8-11,16,19,21H,6-7,12-15,17H2,1H3,(H,38,39). The maximum absolute atomic E-state index is 13.0. The lowest BCUT2D eigenvalue weighted by Crippen LogP contribution is -2.37. The van der Waals surface area contributed by atoms with Gasteiger partial charge in [-0.15, -0.1) is 13.2 Å². The quantitative estimate of drug-likeness (QED) is 0.242. The first-order valence-electron chi connectivity index (χ1n) is 13.7. The lowest BCUT2D eigenvalue weighted by Gasteiger charge is -2.33. The molecule has 1 aliphatic carbocycles. The number of hydrogen-bond donors (Lipinski definition) is 1. The minimum absolute atomic E-state index is 0.0278. The summed E-state index contributed by atoms with van der Waals surface area (Å²) in [5.41, 5.74) is 3.81. The predicted molar refractivity (Wildman–Crippen MR) is 146 cm³/mol. The summed E-state index contributed by atoms with van der Waals surface area (Å²) in [5.74, 6) is -0.478. The third-order valence-electron chi connectivity index (χ3n) is 7.67. The third-order valence-corrected chi connectivity index (χ3v) is 7.67. The molecule has 2 aliphatic rings. The molecule has 2 aromatic carbocycles. The van der Waals surface area contributed by atoms with E-state index in [1.54, 1.807) is 25.2 Å². The Balaban J connectivity index is 1.10. The molecule has 6 rings (SSSR count). The van der Waals surface area contributed by atoms with E-state index in [1.807, 2.05) is 24.3 Å². The second kappa shape index (κ2) is 11.2. The number of carboxylic acid groups (broad SMARTS) is 1. The number of nitrogens with zero attached hydrogens (tertiary/aromatic N) is 4. The molecule has 2 fully saturated rings. The van der Waals surface area contributed by atoms with Gasteiger partial charge < -0.3 is 24.0 Å². The van der Waals surface area contributed by atoms with Gasteiger partial charge in [0.1, 0.15) is 22.9 Å². The number of carbonyl (C=O) groups is 1. The number of halogens is 3. The molecule has 2 aromatic heterocycles. The Labute approximate surface area is 239 Å². The van der Waals surface area contributed by atoms with Crippen LogP contribution in [0.5, 0.6) is 5.75 Å². The van der Waals surface area contributed by atoms with Crippen molar-refractivity contribution in [1.29, 1.82) is 0 Å². The predicted octanol–water partition coefficient (Wildman–Crippen LogP) is 6.40. The van der Waals surface area contributed by atoms with Gasteiger partial charge in [0, 0.05) is 48.4 Å². The fourth-order valence-electron chi connectivity index (χ4n) is 5.35. The second-order valence-corrected chi connectivity index (χ2v) is 10.6. The van der Waals surface area contributed by atoms with Gasteiger partial charge in [0.2, 0.25) is 0 Å². The van der Waals surface area contributed by atoms with Gasteiger partial charge in [-0.2, -0.15) is 5.10 Å². The van der Waals surface area contributed by atoms with Crippen LogP contribution in [0.1, 0.15) is 53.4 Å². The number of rotatable bonds is 9. The number of ether oxygens (including phenoxy) is 2. The zero-order valence-corrected chi connectivity index (χ0v) is 22.8. The first-order chi connectivity index (χ1) is 20.2. The summed E-state index contributed by atoms with van der Waals surface area (Å²) in [6, 6.07) is 15.3. The zero-order chi connectivity index (χ0) is 29.4. The van der Waals surface area contributed by atoms with E-state index in [2.05, 4.69) is 19.9 Å². The van der Waals surface area contributed by atoms with Gasteiger partial charge >= 0.3 is 12.3 Å². The number of anilines is 1. The highest BCUT2D eigenvalue weighted by Crippen LogP contribution is 2.46. The van der Waals surface area contributed by atoms with E-state index in [4.69, 9.17) is 9.26 Å². The topological polar surface area (TPSA) is 103 Å². The van der Waals surface area contributed by atoms with Gasteiger partial charge in [-0.05, 0) is 56.0 Å². The molecule has 3 heterocycles. The molecule has 1 saturated carbocycles. The van der Waals surface area contributed by atoms with Crippen LogP contribution in [-0.2, 0) is 18.4 Å². The average molecular weight is 583 g/mol. The Kier molecular flexibility index (Phi) is 7.40. The van der Waals surface area contributed by atoms with Crippen LogP contribution in [0, 0.1) is 0 Å². The van der Waals surface area contributed by atoms with E-state index in [9.17, 15) is 23.1 Å². The minimum Gasteiger partial charge on any atom is -0.477 e. The second-order valence-electron chi connectivity index (χ2n) is 10.6. The Morgan fingerprint density at radius 3 is 2.43 bits per heavy atom. The number of hydrogen-bond acceptors (Lipinski definition) is 7. The Bertz CT molecular complexity index is 1570. The summed E-state index contributed by atoms with van der Waals surface area (Å²) in [5, 5.41) is 17.7. The van der Waals surface area contributed by atoms with Crippen LogP contribution >= 0.6 is 0 Å². The SMILES string of the molecule is Cn1nc(-c2ccc(N3CCC(OCc4c(-c5ccccc5OC(F)(F)F)noc4C4CC4)CC3)cc2)cc1C(=O)O. The van der Waals surface area contributed by atoms with Crippen molar-refractivity contribution in [3.63, 3.8) is 0 Å². The molecule has 0 atom stereocenters. The lowest BCUT2D eigenvalue weighted by molar-refractivity contribution is -0.274.